The maximum Gasteiger partial charge on any atom is 0.270 e. The Bertz CT molecular complexity index is 1010. The third-order valence-electron chi connectivity index (χ3n) is 5.42. The van der Waals surface area contributed by atoms with E-state index < -0.39 is 14.9 Å². The lowest BCUT2D eigenvalue weighted by atomic mass is 10.2. The molecule has 1 N–H and O–H groups in total. The van der Waals surface area contributed by atoms with Gasteiger partial charge in [0.05, 0.1) is 17.2 Å². The number of sulfonamides is 1. The van der Waals surface area contributed by atoms with E-state index >= 15 is 0 Å². The Balaban J connectivity index is 1.85. The van der Waals surface area contributed by atoms with E-state index in [2.05, 4.69) is 20.8 Å². The summed E-state index contributed by atoms with van der Waals surface area (Å²) in [6.07, 6.45) is 0. The zero-order chi connectivity index (χ0) is 23.1. The third kappa shape index (κ3) is 5.84. The van der Waals surface area contributed by atoms with Crippen LogP contribution in [0.1, 0.15) is 5.56 Å². The van der Waals surface area contributed by atoms with Gasteiger partial charge in [-0.15, -0.1) is 0 Å². The van der Waals surface area contributed by atoms with E-state index in [4.69, 9.17) is 0 Å². The average Bonchev–Trinajstić information content (AvgIpc) is 2.79. The van der Waals surface area contributed by atoms with E-state index in [9.17, 15) is 23.6 Å². The van der Waals surface area contributed by atoms with Crippen molar-refractivity contribution in [1.82, 2.24) is 9.21 Å². The van der Waals surface area contributed by atoms with Crippen LogP contribution < -0.4 is 4.90 Å². The molecular formula is C21H27BrN4O5S. The molecule has 0 aliphatic carbocycles. The molecule has 2 aromatic rings. The molecule has 0 spiro atoms. The van der Waals surface area contributed by atoms with Gasteiger partial charge in [0.25, 0.3) is 5.69 Å². The van der Waals surface area contributed by atoms with Crippen LogP contribution in [0.3, 0.4) is 0 Å². The molecule has 0 amide bonds. The van der Waals surface area contributed by atoms with Gasteiger partial charge in [-0.05, 0) is 11.6 Å². The van der Waals surface area contributed by atoms with E-state index in [1.165, 1.54) is 22.0 Å². The number of hydrogen-bond donors (Lipinski definition) is 1. The van der Waals surface area contributed by atoms with E-state index in [1.54, 1.807) is 4.90 Å². The number of aliphatic hydroxyl groups is 1. The number of anilines is 1. The highest BCUT2D eigenvalue weighted by molar-refractivity contribution is 9.09. The lowest BCUT2D eigenvalue weighted by Crippen LogP contribution is -2.48. The molecule has 1 aliphatic heterocycles. The highest BCUT2D eigenvalue weighted by Gasteiger charge is 2.33. The van der Waals surface area contributed by atoms with Crippen LogP contribution in [-0.4, -0.2) is 78.9 Å². The minimum atomic E-state index is -3.96. The number of piperazine rings is 1. The van der Waals surface area contributed by atoms with Crippen LogP contribution in [0.4, 0.5) is 11.4 Å². The highest BCUT2D eigenvalue weighted by Crippen LogP contribution is 2.32. The topological polar surface area (TPSA) is 107 Å². The van der Waals surface area contributed by atoms with Gasteiger partial charge in [0.1, 0.15) is 4.90 Å². The maximum atomic E-state index is 13.5. The van der Waals surface area contributed by atoms with Crippen LogP contribution in [0.5, 0.6) is 0 Å². The minimum Gasteiger partial charge on any atom is -0.395 e. The fraction of sp³-hybridized carbons (Fsp3) is 0.429. The molecule has 0 saturated carbocycles. The van der Waals surface area contributed by atoms with E-state index in [1.807, 2.05) is 30.3 Å². The molecule has 0 atom stereocenters. The first kappa shape index (κ1) is 24.6. The van der Waals surface area contributed by atoms with Crippen LogP contribution >= 0.6 is 15.9 Å². The van der Waals surface area contributed by atoms with Crippen LogP contribution in [0.15, 0.2) is 53.4 Å². The van der Waals surface area contributed by atoms with Gasteiger partial charge in [-0.25, -0.2) is 8.42 Å². The lowest BCUT2D eigenvalue weighted by Gasteiger charge is -2.35. The van der Waals surface area contributed by atoms with Gasteiger partial charge in [-0.3, -0.25) is 15.0 Å². The molecule has 2 aromatic carbocycles. The molecule has 9 nitrogen and oxygen atoms in total. The molecule has 0 radical (unpaired) electrons. The molecule has 0 bridgehead atoms. The predicted octanol–water partition coefficient (Wildman–Crippen LogP) is 2.29. The van der Waals surface area contributed by atoms with Crippen LogP contribution in [0.25, 0.3) is 0 Å². The Hall–Kier alpha value is -2.05. The van der Waals surface area contributed by atoms with Crippen molar-refractivity contribution in [3.05, 3.63) is 64.2 Å². The van der Waals surface area contributed by atoms with Gasteiger partial charge in [0, 0.05) is 63.3 Å². The summed E-state index contributed by atoms with van der Waals surface area (Å²) >= 11 is 3.34. The number of hydrogen-bond acceptors (Lipinski definition) is 7. The Labute approximate surface area is 196 Å². The summed E-state index contributed by atoms with van der Waals surface area (Å²) in [7, 11) is -3.96. The normalized spacial score (nSPS) is 15.6. The fourth-order valence-corrected chi connectivity index (χ4v) is 5.85. The third-order valence-corrected chi connectivity index (χ3v) is 7.70. The molecule has 3 rings (SSSR count). The summed E-state index contributed by atoms with van der Waals surface area (Å²) in [6, 6.07) is 13.9. The Kier molecular flexibility index (Phi) is 8.60. The van der Waals surface area contributed by atoms with Crippen molar-refractivity contribution in [2.75, 3.05) is 56.1 Å². The minimum absolute atomic E-state index is 0.0994. The molecule has 32 heavy (non-hydrogen) atoms. The standard InChI is InChI=1S/C21H27BrN4O5S/c22-8-9-24(14-15-27)20-7-6-19(26(28)29)16-21(20)32(30,31)25-12-10-23(11-13-25)17-18-4-2-1-3-5-18/h1-7,16,27H,8-15,17H2. The van der Waals surface area contributed by atoms with Crippen molar-refractivity contribution >= 4 is 37.3 Å². The summed E-state index contributed by atoms with van der Waals surface area (Å²) in [5.41, 5.74) is 1.24. The zero-order valence-electron chi connectivity index (χ0n) is 17.6. The number of benzene rings is 2. The van der Waals surface area contributed by atoms with Crippen molar-refractivity contribution < 1.29 is 18.4 Å². The zero-order valence-corrected chi connectivity index (χ0v) is 20.0. The number of aliphatic hydroxyl groups excluding tert-OH is 1. The number of alkyl halides is 1. The largest absolute Gasteiger partial charge is 0.395 e. The Morgan fingerprint density at radius 3 is 2.34 bits per heavy atom. The summed E-state index contributed by atoms with van der Waals surface area (Å²) in [5.74, 6) is 0. The smallest absolute Gasteiger partial charge is 0.270 e. The average molecular weight is 527 g/mol. The monoisotopic (exact) mass is 526 g/mol. The molecule has 174 valence electrons. The van der Waals surface area contributed by atoms with E-state index in [-0.39, 0.29) is 23.7 Å². The molecule has 0 unspecified atom stereocenters. The van der Waals surface area contributed by atoms with Crippen molar-refractivity contribution in [3.63, 3.8) is 0 Å². The van der Waals surface area contributed by atoms with Gasteiger partial charge in [-0.1, -0.05) is 46.3 Å². The predicted molar refractivity (Wildman–Crippen MR) is 127 cm³/mol. The highest BCUT2D eigenvalue weighted by atomic mass is 79.9. The van der Waals surface area contributed by atoms with Crippen LogP contribution in [-0.2, 0) is 16.6 Å². The number of nitro benzene ring substituents is 1. The second kappa shape index (κ2) is 11.2. The van der Waals surface area contributed by atoms with Crippen molar-refractivity contribution in [3.8, 4) is 0 Å². The molecule has 1 fully saturated rings. The van der Waals surface area contributed by atoms with Gasteiger partial charge in [-0.2, -0.15) is 4.31 Å². The molecule has 11 heteroatoms. The van der Waals surface area contributed by atoms with Gasteiger partial charge in [0.2, 0.25) is 10.0 Å². The van der Waals surface area contributed by atoms with Crippen molar-refractivity contribution in [1.29, 1.82) is 0 Å². The number of non-ortho nitro benzene ring substituents is 1. The molecule has 0 aromatic heterocycles. The van der Waals surface area contributed by atoms with E-state index in [0.717, 1.165) is 12.6 Å². The number of nitrogens with zero attached hydrogens (tertiary/aromatic N) is 4. The first-order chi connectivity index (χ1) is 15.4. The Morgan fingerprint density at radius 2 is 1.75 bits per heavy atom. The van der Waals surface area contributed by atoms with Gasteiger partial charge in [0.15, 0.2) is 0 Å². The van der Waals surface area contributed by atoms with Crippen LogP contribution in [0.2, 0.25) is 0 Å². The number of rotatable bonds is 10. The number of halogens is 1. The molecule has 1 saturated heterocycles. The quantitative estimate of drug-likeness (QED) is 0.287. The van der Waals surface area contributed by atoms with Crippen molar-refractivity contribution in [2.24, 2.45) is 0 Å². The second-order valence-corrected chi connectivity index (χ2v) is 10.2. The first-order valence-corrected chi connectivity index (χ1v) is 12.9. The summed E-state index contributed by atoms with van der Waals surface area (Å²) in [4.78, 5) is 14.6. The molecule has 1 heterocycles. The van der Waals surface area contributed by atoms with Crippen molar-refractivity contribution in [2.45, 2.75) is 11.4 Å². The molecular weight excluding hydrogens is 500 g/mol. The van der Waals surface area contributed by atoms with Gasteiger partial charge >= 0.3 is 0 Å². The summed E-state index contributed by atoms with van der Waals surface area (Å²) in [6.45, 7) is 2.99. The summed E-state index contributed by atoms with van der Waals surface area (Å²) in [5, 5.41) is 21.3. The van der Waals surface area contributed by atoms with Gasteiger partial charge < -0.3 is 10.0 Å². The van der Waals surface area contributed by atoms with E-state index in [0.29, 0.717) is 43.7 Å². The lowest BCUT2D eigenvalue weighted by molar-refractivity contribution is -0.385. The Morgan fingerprint density at radius 1 is 1.06 bits per heavy atom. The summed E-state index contributed by atoms with van der Waals surface area (Å²) < 4.78 is 28.5. The second-order valence-electron chi connectivity index (χ2n) is 7.47. The fourth-order valence-electron chi connectivity index (χ4n) is 3.77. The number of nitro groups is 1. The molecule has 1 aliphatic rings. The SMILES string of the molecule is O=[N+]([O-])c1ccc(N(CCO)CCBr)c(S(=O)(=O)N2CCN(Cc3ccccc3)CC2)c1. The first-order valence-electron chi connectivity index (χ1n) is 10.3. The van der Waals surface area contributed by atoms with Crippen LogP contribution in [0, 0.1) is 10.1 Å². The maximum absolute atomic E-state index is 13.5.